The molecule has 1 unspecified atom stereocenters. The SMILES string of the molecule is COc1ccc(C(Br)c2cc(F)ccc2Br)c(OC)c1Cl. The maximum atomic E-state index is 13.5. The summed E-state index contributed by atoms with van der Waals surface area (Å²) in [5, 5.41) is 0.384. The molecule has 0 saturated carbocycles. The van der Waals surface area contributed by atoms with E-state index in [1.807, 2.05) is 6.07 Å². The van der Waals surface area contributed by atoms with Crippen molar-refractivity contribution in [3.8, 4) is 11.5 Å². The molecule has 0 spiro atoms. The van der Waals surface area contributed by atoms with Crippen molar-refractivity contribution >= 4 is 43.5 Å². The Labute approximate surface area is 144 Å². The summed E-state index contributed by atoms with van der Waals surface area (Å²) in [6, 6.07) is 8.10. The van der Waals surface area contributed by atoms with E-state index in [9.17, 15) is 4.39 Å². The van der Waals surface area contributed by atoms with Gasteiger partial charge in [-0.1, -0.05) is 49.5 Å². The van der Waals surface area contributed by atoms with Crippen LogP contribution >= 0.6 is 43.5 Å². The first-order valence-electron chi connectivity index (χ1n) is 5.99. The van der Waals surface area contributed by atoms with Crippen molar-refractivity contribution in [3.05, 3.63) is 56.8 Å². The second kappa shape index (κ2) is 6.99. The predicted molar refractivity (Wildman–Crippen MR) is 89.4 cm³/mol. The molecule has 0 saturated heterocycles. The largest absolute Gasteiger partial charge is 0.495 e. The number of alkyl halides is 1. The van der Waals surface area contributed by atoms with Gasteiger partial charge in [-0.3, -0.25) is 0 Å². The van der Waals surface area contributed by atoms with Crippen LogP contribution in [0.25, 0.3) is 0 Å². The van der Waals surface area contributed by atoms with E-state index in [0.29, 0.717) is 16.5 Å². The number of hydrogen-bond donors (Lipinski definition) is 0. The number of rotatable bonds is 4. The highest BCUT2D eigenvalue weighted by molar-refractivity contribution is 9.11. The lowest BCUT2D eigenvalue weighted by atomic mass is 10.0. The summed E-state index contributed by atoms with van der Waals surface area (Å²) >= 11 is 13.3. The molecule has 112 valence electrons. The Balaban J connectivity index is 2.55. The van der Waals surface area contributed by atoms with E-state index in [0.717, 1.165) is 15.6 Å². The highest BCUT2D eigenvalue weighted by Gasteiger charge is 2.22. The first-order valence-corrected chi connectivity index (χ1v) is 8.07. The van der Waals surface area contributed by atoms with E-state index < -0.39 is 0 Å². The molecular weight excluding hydrogens is 426 g/mol. The average Bonchev–Trinajstić information content (AvgIpc) is 2.48. The van der Waals surface area contributed by atoms with Crippen LogP contribution in [-0.2, 0) is 0 Å². The summed E-state index contributed by atoms with van der Waals surface area (Å²) in [7, 11) is 3.07. The van der Waals surface area contributed by atoms with Crippen LogP contribution in [0.4, 0.5) is 4.39 Å². The van der Waals surface area contributed by atoms with Gasteiger partial charge in [0, 0.05) is 10.0 Å². The minimum absolute atomic E-state index is 0.277. The number of benzene rings is 2. The van der Waals surface area contributed by atoms with E-state index in [1.165, 1.54) is 26.4 Å². The first kappa shape index (κ1) is 16.6. The monoisotopic (exact) mass is 436 g/mol. The summed E-state index contributed by atoms with van der Waals surface area (Å²) in [4.78, 5) is -0.277. The van der Waals surface area contributed by atoms with Gasteiger partial charge in [-0.2, -0.15) is 0 Å². The van der Waals surface area contributed by atoms with Crippen molar-refractivity contribution in [1.29, 1.82) is 0 Å². The molecule has 2 nitrogen and oxygen atoms in total. The third-order valence-electron chi connectivity index (χ3n) is 3.02. The lowest BCUT2D eigenvalue weighted by molar-refractivity contribution is 0.392. The van der Waals surface area contributed by atoms with Crippen molar-refractivity contribution in [2.75, 3.05) is 14.2 Å². The summed E-state index contributed by atoms with van der Waals surface area (Å²) in [5.41, 5.74) is 1.53. The zero-order valence-corrected chi connectivity index (χ0v) is 15.2. The molecule has 2 rings (SSSR count). The van der Waals surface area contributed by atoms with Gasteiger partial charge >= 0.3 is 0 Å². The Morgan fingerprint density at radius 1 is 1.10 bits per heavy atom. The standard InChI is InChI=1S/C15H12Br2ClFO2/c1-20-12-6-4-9(15(21-2)14(12)18)13(17)10-7-8(19)3-5-11(10)16/h3-7,13H,1-2H3. The second-order valence-electron chi connectivity index (χ2n) is 4.23. The van der Waals surface area contributed by atoms with Crippen molar-refractivity contribution in [3.63, 3.8) is 0 Å². The normalized spacial score (nSPS) is 12.1. The molecule has 0 fully saturated rings. The van der Waals surface area contributed by atoms with Crippen LogP contribution in [0.15, 0.2) is 34.8 Å². The minimum Gasteiger partial charge on any atom is -0.495 e. The molecule has 1 atom stereocenters. The van der Waals surface area contributed by atoms with E-state index in [1.54, 1.807) is 12.1 Å². The summed E-state index contributed by atoms with van der Waals surface area (Å²) in [6.07, 6.45) is 0. The van der Waals surface area contributed by atoms with E-state index in [-0.39, 0.29) is 10.6 Å². The molecule has 0 N–H and O–H groups in total. The van der Waals surface area contributed by atoms with Crippen molar-refractivity contribution in [2.45, 2.75) is 4.83 Å². The third kappa shape index (κ3) is 3.35. The summed E-state index contributed by atoms with van der Waals surface area (Å²) in [6.45, 7) is 0. The quantitative estimate of drug-likeness (QED) is 0.567. The molecule has 0 aliphatic rings. The van der Waals surface area contributed by atoms with Crippen molar-refractivity contribution < 1.29 is 13.9 Å². The number of halogens is 4. The molecular formula is C15H12Br2ClFO2. The molecule has 0 bridgehead atoms. The van der Waals surface area contributed by atoms with Gasteiger partial charge in [0.05, 0.1) is 19.0 Å². The first-order chi connectivity index (χ1) is 9.99. The van der Waals surface area contributed by atoms with Gasteiger partial charge in [-0.25, -0.2) is 4.39 Å². The van der Waals surface area contributed by atoms with Crippen molar-refractivity contribution in [2.24, 2.45) is 0 Å². The Morgan fingerprint density at radius 2 is 1.81 bits per heavy atom. The summed E-state index contributed by atoms with van der Waals surface area (Å²) in [5.74, 6) is 0.709. The molecule has 2 aromatic carbocycles. The Morgan fingerprint density at radius 3 is 2.43 bits per heavy atom. The van der Waals surface area contributed by atoms with Crippen LogP contribution in [0.2, 0.25) is 5.02 Å². The lowest BCUT2D eigenvalue weighted by Gasteiger charge is -2.18. The van der Waals surface area contributed by atoms with Crippen LogP contribution in [0.3, 0.4) is 0 Å². The fraction of sp³-hybridized carbons (Fsp3) is 0.200. The van der Waals surface area contributed by atoms with Gasteiger partial charge in [0.15, 0.2) is 0 Å². The Kier molecular flexibility index (Phi) is 5.52. The zero-order chi connectivity index (χ0) is 15.6. The number of hydrogen-bond acceptors (Lipinski definition) is 2. The van der Waals surface area contributed by atoms with Crippen molar-refractivity contribution in [1.82, 2.24) is 0 Å². The molecule has 2 aromatic rings. The molecule has 0 aromatic heterocycles. The predicted octanol–water partition coefficient (Wildman–Crippen LogP) is 5.74. The molecule has 0 heterocycles. The Hall–Kier alpha value is -0.780. The Bertz CT molecular complexity index is 664. The molecule has 0 amide bonds. The number of methoxy groups -OCH3 is 2. The average molecular weight is 439 g/mol. The van der Waals surface area contributed by atoms with Gasteiger partial charge < -0.3 is 9.47 Å². The topological polar surface area (TPSA) is 18.5 Å². The molecule has 21 heavy (non-hydrogen) atoms. The van der Waals surface area contributed by atoms with Crippen LogP contribution in [0, 0.1) is 5.82 Å². The highest BCUT2D eigenvalue weighted by atomic mass is 79.9. The van der Waals surface area contributed by atoms with Crippen LogP contribution in [-0.4, -0.2) is 14.2 Å². The van der Waals surface area contributed by atoms with E-state index >= 15 is 0 Å². The van der Waals surface area contributed by atoms with Gasteiger partial charge in [0.2, 0.25) is 0 Å². The van der Waals surface area contributed by atoms with Gasteiger partial charge in [0.1, 0.15) is 22.3 Å². The highest BCUT2D eigenvalue weighted by Crippen LogP contribution is 2.45. The van der Waals surface area contributed by atoms with Crippen LogP contribution in [0.5, 0.6) is 11.5 Å². The third-order valence-corrected chi connectivity index (χ3v) is 5.09. The molecule has 6 heteroatoms. The number of ether oxygens (including phenoxy) is 2. The lowest BCUT2D eigenvalue weighted by Crippen LogP contribution is -2.00. The maximum absolute atomic E-state index is 13.5. The zero-order valence-electron chi connectivity index (χ0n) is 11.3. The second-order valence-corrected chi connectivity index (χ2v) is 6.38. The fourth-order valence-electron chi connectivity index (χ4n) is 1.99. The van der Waals surface area contributed by atoms with E-state index in [4.69, 9.17) is 21.1 Å². The minimum atomic E-state index is -0.309. The smallest absolute Gasteiger partial charge is 0.145 e. The molecule has 0 aliphatic heterocycles. The van der Waals surface area contributed by atoms with Gasteiger partial charge in [-0.05, 0) is 29.8 Å². The van der Waals surface area contributed by atoms with E-state index in [2.05, 4.69) is 31.9 Å². The maximum Gasteiger partial charge on any atom is 0.145 e. The van der Waals surface area contributed by atoms with Crippen LogP contribution in [0.1, 0.15) is 16.0 Å². The summed E-state index contributed by atoms with van der Waals surface area (Å²) < 4.78 is 24.8. The van der Waals surface area contributed by atoms with Crippen LogP contribution < -0.4 is 9.47 Å². The fourth-order valence-corrected chi connectivity index (χ4v) is 3.84. The molecule has 0 radical (unpaired) electrons. The molecule has 0 aliphatic carbocycles. The van der Waals surface area contributed by atoms with Gasteiger partial charge in [-0.15, -0.1) is 0 Å². The van der Waals surface area contributed by atoms with Gasteiger partial charge in [0.25, 0.3) is 0 Å².